The molecule has 1 aliphatic heterocycles. The van der Waals surface area contributed by atoms with Crippen molar-refractivity contribution in [3.63, 3.8) is 0 Å². The number of phosphoric ester groups is 1. The van der Waals surface area contributed by atoms with Crippen molar-refractivity contribution in [2.75, 3.05) is 6.61 Å². The smallest absolute Gasteiger partial charge is 0.790 e. The van der Waals surface area contributed by atoms with E-state index in [-0.39, 0.29) is 63.8 Å². The number of H-pyrrole nitrogens is 1. The molecule has 10 nitrogen and oxygen atoms in total. The Balaban J connectivity index is 0.00000242. The Morgan fingerprint density at radius 2 is 2.00 bits per heavy atom. The Morgan fingerprint density at radius 1 is 1.39 bits per heavy atom. The number of aromatic amines is 1. The SMILES string of the molecule is O=c1[nH]c(=S)ccn1C1OC(COP(=O)([O-])[O-])C(O)C1O.[Na+].[Na+]. The van der Waals surface area contributed by atoms with Gasteiger partial charge in [0.15, 0.2) is 6.23 Å². The van der Waals surface area contributed by atoms with E-state index in [1.54, 1.807) is 0 Å². The van der Waals surface area contributed by atoms with E-state index < -0.39 is 44.7 Å². The molecule has 0 spiro atoms. The van der Waals surface area contributed by atoms with Gasteiger partial charge in [0.1, 0.15) is 23.0 Å². The molecule has 1 saturated heterocycles. The molecule has 2 heterocycles. The van der Waals surface area contributed by atoms with Gasteiger partial charge < -0.3 is 33.8 Å². The van der Waals surface area contributed by atoms with Gasteiger partial charge in [0.25, 0.3) is 0 Å². The minimum atomic E-state index is -5.23. The molecule has 23 heavy (non-hydrogen) atoms. The molecule has 1 aromatic heterocycles. The quantitative estimate of drug-likeness (QED) is 0.260. The zero-order valence-corrected chi connectivity index (χ0v) is 18.0. The number of rotatable bonds is 4. The number of phosphoric acid groups is 1. The summed E-state index contributed by atoms with van der Waals surface area (Å²) in [6.45, 7) is -0.767. The number of hydrogen-bond acceptors (Lipinski definition) is 9. The van der Waals surface area contributed by atoms with Gasteiger partial charge in [-0.3, -0.25) is 9.55 Å². The molecule has 0 aromatic carbocycles. The minimum absolute atomic E-state index is 0. The van der Waals surface area contributed by atoms with E-state index in [2.05, 4.69) is 9.51 Å². The number of aliphatic hydroxyl groups excluding tert-OH is 2. The summed E-state index contributed by atoms with van der Waals surface area (Å²) in [6.07, 6.45) is -4.35. The van der Waals surface area contributed by atoms with Crippen LogP contribution in [-0.2, 0) is 13.8 Å². The summed E-state index contributed by atoms with van der Waals surface area (Å²) in [7, 11) is -5.23. The van der Waals surface area contributed by atoms with Gasteiger partial charge in [0.05, 0.1) is 14.4 Å². The van der Waals surface area contributed by atoms with Gasteiger partial charge in [-0.05, 0) is 6.07 Å². The van der Waals surface area contributed by atoms with Crippen LogP contribution in [0.5, 0.6) is 0 Å². The second kappa shape index (κ2) is 9.70. The van der Waals surface area contributed by atoms with Crippen LogP contribution in [0.3, 0.4) is 0 Å². The first-order valence-corrected chi connectivity index (χ1v) is 7.55. The zero-order chi connectivity index (χ0) is 15.8. The Kier molecular flexibility index (Phi) is 10.2. The van der Waals surface area contributed by atoms with E-state index in [0.717, 1.165) is 4.57 Å². The molecular formula is C9H11N2Na2O8PS. The molecule has 0 saturated carbocycles. The van der Waals surface area contributed by atoms with Gasteiger partial charge in [-0.15, -0.1) is 0 Å². The molecule has 2 rings (SSSR count). The number of nitrogens with zero attached hydrogens (tertiary/aromatic N) is 1. The normalized spacial score (nSPS) is 27.1. The predicted octanol–water partition coefficient (Wildman–Crippen LogP) is -8.62. The van der Waals surface area contributed by atoms with Crippen LogP contribution in [0.25, 0.3) is 0 Å². The largest absolute Gasteiger partial charge is 1.00 e. The second-order valence-corrected chi connectivity index (χ2v) is 5.90. The molecule has 0 aliphatic carbocycles. The van der Waals surface area contributed by atoms with Crippen LogP contribution >= 0.6 is 20.0 Å². The predicted molar refractivity (Wildman–Crippen MR) is 65.4 cm³/mol. The molecule has 14 heteroatoms. The second-order valence-electron chi connectivity index (χ2n) is 4.31. The van der Waals surface area contributed by atoms with Gasteiger partial charge in [0, 0.05) is 6.20 Å². The molecule has 1 fully saturated rings. The third-order valence-corrected chi connectivity index (χ3v) is 3.56. The summed E-state index contributed by atoms with van der Waals surface area (Å²) in [4.78, 5) is 34.8. The van der Waals surface area contributed by atoms with Crippen LogP contribution < -0.4 is 74.6 Å². The number of aromatic nitrogens is 2. The zero-order valence-electron chi connectivity index (χ0n) is 12.3. The van der Waals surface area contributed by atoms with Crippen LogP contribution in [0.1, 0.15) is 6.23 Å². The first kappa shape index (κ1) is 24.1. The third kappa shape index (κ3) is 6.39. The first-order valence-electron chi connectivity index (χ1n) is 5.69. The van der Waals surface area contributed by atoms with Crippen LogP contribution in [0.4, 0.5) is 0 Å². The van der Waals surface area contributed by atoms with Crippen LogP contribution in [0.15, 0.2) is 17.1 Å². The molecular weight excluding hydrogens is 373 g/mol. The van der Waals surface area contributed by atoms with Crippen molar-refractivity contribution in [3.8, 4) is 0 Å². The van der Waals surface area contributed by atoms with Crippen LogP contribution in [0.2, 0.25) is 0 Å². The van der Waals surface area contributed by atoms with Gasteiger partial charge in [-0.25, -0.2) is 4.79 Å². The number of ether oxygens (including phenoxy) is 1. The van der Waals surface area contributed by atoms with Gasteiger partial charge in [0.2, 0.25) is 0 Å². The Labute approximate surface area is 179 Å². The fourth-order valence-corrected chi connectivity index (χ4v) is 2.37. The van der Waals surface area contributed by atoms with E-state index in [0.29, 0.717) is 0 Å². The molecule has 0 bridgehead atoms. The standard InChI is InChI=1S/C9H13N2O8PS.2Na/c12-6-4(3-18-20(15,16)17)19-8(7(6)13)11-2-1-5(21)10-9(11)14;;/h1-2,4,6-8,12-13H,3H2,(H,10,14,21)(H2,15,16,17);;/q;2*+1/p-2. The number of hydrogen-bond donors (Lipinski definition) is 3. The molecule has 1 aromatic rings. The van der Waals surface area contributed by atoms with Gasteiger partial charge in [-0.2, -0.15) is 0 Å². The van der Waals surface area contributed by atoms with Gasteiger partial charge in [-0.1, -0.05) is 12.2 Å². The maximum Gasteiger partial charge on any atom is 1.00 e. The molecule has 4 atom stereocenters. The molecule has 0 amide bonds. The minimum Gasteiger partial charge on any atom is -0.790 e. The van der Waals surface area contributed by atoms with Crippen molar-refractivity contribution < 1.29 is 92.9 Å². The van der Waals surface area contributed by atoms with E-state index in [1.165, 1.54) is 12.3 Å². The molecule has 4 unspecified atom stereocenters. The average Bonchev–Trinajstić information content (AvgIpc) is 2.64. The Bertz CT molecular complexity index is 678. The average molecular weight is 384 g/mol. The van der Waals surface area contributed by atoms with E-state index in [1.807, 2.05) is 0 Å². The van der Waals surface area contributed by atoms with Crippen LogP contribution in [0, 0.1) is 4.64 Å². The van der Waals surface area contributed by atoms with Crippen molar-refractivity contribution in [1.29, 1.82) is 0 Å². The van der Waals surface area contributed by atoms with E-state index >= 15 is 0 Å². The topological polar surface area (TPSA) is 160 Å². The monoisotopic (exact) mass is 384 g/mol. The summed E-state index contributed by atoms with van der Waals surface area (Å²) in [6, 6.07) is 1.37. The molecule has 1 aliphatic rings. The van der Waals surface area contributed by atoms with Crippen molar-refractivity contribution in [3.05, 3.63) is 27.4 Å². The number of nitrogens with one attached hydrogen (secondary N) is 1. The fraction of sp³-hybridized carbons (Fsp3) is 0.556. The molecule has 3 N–H and O–H groups in total. The summed E-state index contributed by atoms with van der Waals surface area (Å²) in [5.41, 5.74) is -0.682. The Hall–Kier alpha value is 1.09. The van der Waals surface area contributed by atoms with E-state index in [9.17, 15) is 29.4 Å². The summed E-state index contributed by atoms with van der Waals surface area (Å²) in [5.74, 6) is 0. The van der Waals surface area contributed by atoms with Crippen molar-refractivity contribution >= 4 is 20.0 Å². The first-order chi connectivity index (χ1) is 9.69. The van der Waals surface area contributed by atoms with E-state index in [4.69, 9.17) is 17.0 Å². The summed E-state index contributed by atoms with van der Waals surface area (Å²) >= 11 is 4.75. The third-order valence-electron chi connectivity index (χ3n) is 2.86. The maximum absolute atomic E-state index is 11.7. The molecule has 0 radical (unpaired) electrons. The van der Waals surface area contributed by atoms with Crippen molar-refractivity contribution in [2.24, 2.45) is 0 Å². The van der Waals surface area contributed by atoms with Crippen LogP contribution in [-0.4, -0.2) is 44.7 Å². The number of aliphatic hydroxyl groups is 2. The summed E-state index contributed by atoms with van der Waals surface area (Å²) in [5, 5.41) is 19.6. The van der Waals surface area contributed by atoms with Crippen molar-refractivity contribution in [1.82, 2.24) is 9.55 Å². The van der Waals surface area contributed by atoms with Crippen molar-refractivity contribution in [2.45, 2.75) is 24.5 Å². The Morgan fingerprint density at radius 3 is 2.52 bits per heavy atom. The summed E-state index contributed by atoms with van der Waals surface area (Å²) < 4.78 is 20.7. The maximum atomic E-state index is 11.7. The van der Waals surface area contributed by atoms with Gasteiger partial charge >= 0.3 is 64.8 Å². The fourth-order valence-electron chi connectivity index (χ4n) is 1.89. The molecule has 118 valence electrons.